The number of carbonyl (C=O) groups excluding carboxylic acids is 2. The number of ether oxygens (including phenoxy) is 2. The summed E-state index contributed by atoms with van der Waals surface area (Å²) in [7, 11) is 1.43. The fourth-order valence-corrected chi connectivity index (χ4v) is 2.60. The normalized spacial score (nSPS) is 14.5. The van der Waals surface area contributed by atoms with Crippen LogP contribution in [0.2, 0.25) is 5.02 Å². The third kappa shape index (κ3) is 4.16. The highest BCUT2D eigenvalue weighted by atomic mass is 35.5. The van der Waals surface area contributed by atoms with Gasteiger partial charge in [0.05, 0.1) is 12.1 Å². The Hall–Kier alpha value is -2.21. The van der Waals surface area contributed by atoms with Crippen LogP contribution in [0.15, 0.2) is 24.3 Å². The van der Waals surface area contributed by atoms with Crippen molar-refractivity contribution in [3.8, 4) is 11.5 Å². The van der Waals surface area contributed by atoms with Crippen LogP contribution in [0.5, 0.6) is 11.5 Å². The highest BCUT2D eigenvalue weighted by Crippen LogP contribution is 2.37. The van der Waals surface area contributed by atoms with Gasteiger partial charge in [0.2, 0.25) is 0 Å². The molecule has 0 saturated carbocycles. The van der Waals surface area contributed by atoms with Crippen molar-refractivity contribution in [3.05, 3.63) is 34.9 Å². The number of carbonyl (C=O) groups is 2. The van der Waals surface area contributed by atoms with E-state index >= 15 is 0 Å². The molecule has 1 aromatic carbocycles. The van der Waals surface area contributed by atoms with Gasteiger partial charge in [-0.05, 0) is 25.0 Å². The zero-order valence-electron chi connectivity index (χ0n) is 12.9. The third-order valence-electron chi connectivity index (χ3n) is 3.59. The number of piperidine rings is 1. The summed E-state index contributed by atoms with van der Waals surface area (Å²) in [6.45, 7) is 4.89. The number of methoxy groups -OCH3 is 1. The lowest BCUT2D eigenvalue weighted by atomic mass is 10.0. The van der Waals surface area contributed by atoms with Crippen LogP contribution in [0.1, 0.15) is 23.2 Å². The number of nitrogens with zero attached hydrogens (tertiary/aromatic N) is 1. The Morgan fingerprint density at radius 3 is 2.57 bits per heavy atom. The molecule has 1 aliphatic rings. The highest BCUT2D eigenvalue weighted by Gasteiger charge is 2.22. The molecule has 0 radical (unpaired) electrons. The molecule has 2 amide bonds. The van der Waals surface area contributed by atoms with Gasteiger partial charge in [0.15, 0.2) is 18.1 Å². The quantitative estimate of drug-likeness (QED) is 0.832. The predicted octanol–water partition coefficient (Wildman–Crippen LogP) is 2.00. The maximum absolute atomic E-state index is 12.6. The number of likely N-dealkylation sites (tertiary alicyclic amines) is 1. The Balaban J connectivity index is 2.23. The molecule has 1 aliphatic heterocycles. The summed E-state index contributed by atoms with van der Waals surface area (Å²) in [6.07, 6.45) is 1.60. The molecule has 124 valence electrons. The molecule has 2 rings (SSSR count). The number of amides is 2. The summed E-state index contributed by atoms with van der Waals surface area (Å²) in [6, 6.07) is 3.06. The average molecular weight is 339 g/mol. The van der Waals surface area contributed by atoms with Gasteiger partial charge in [-0.25, -0.2) is 0 Å². The molecule has 0 atom stereocenters. The van der Waals surface area contributed by atoms with Crippen molar-refractivity contribution in [2.24, 2.45) is 5.73 Å². The molecule has 23 heavy (non-hydrogen) atoms. The van der Waals surface area contributed by atoms with Gasteiger partial charge in [0.25, 0.3) is 11.8 Å². The molecule has 0 aromatic heterocycles. The molecular formula is C16H19ClN2O4. The Morgan fingerprint density at radius 1 is 1.35 bits per heavy atom. The van der Waals surface area contributed by atoms with Gasteiger partial charge in [-0.2, -0.15) is 0 Å². The monoisotopic (exact) mass is 338 g/mol. The summed E-state index contributed by atoms with van der Waals surface area (Å²) < 4.78 is 10.5. The van der Waals surface area contributed by atoms with Crippen molar-refractivity contribution >= 4 is 23.4 Å². The van der Waals surface area contributed by atoms with Crippen LogP contribution in [0.25, 0.3) is 0 Å². The minimum absolute atomic E-state index is 0.126. The number of hydrogen-bond donors (Lipinski definition) is 1. The Morgan fingerprint density at radius 2 is 2.00 bits per heavy atom. The average Bonchev–Trinajstić information content (AvgIpc) is 2.52. The predicted molar refractivity (Wildman–Crippen MR) is 87.0 cm³/mol. The molecular weight excluding hydrogens is 320 g/mol. The lowest BCUT2D eigenvalue weighted by Gasteiger charge is -2.28. The number of primary amides is 1. The van der Waals surface area contributed by atoms with E-state index in [4.69, 9.17) is 26.8 Å². The van der Waals surface area contributed by atoms with Crippen LogP contribution in [0, 0.1) is 0 Å². The van der Waals surface area contributed by atoms with Crippen LogP contribution in [-0.4, -0.2) is 43.5 Å². The molecule has 1 aromatic rings. The van der Waals surface area contributed by atoms with E-state index in [1.54, 1.807) is 11.0 Å². The fraction of sp³-hybridized carbons (Fsp3) is 0.375. The van der Waals surface area contributed by atoms with Gasteiger partial charge >= 0.3 is 0 Å². The Bertz CT molecular complexity index is 635. The SMILES string of the molecule is C=C1CCN(C(=O)c2cc(Cl)c(OCC(N)=O)c(OC)c2)CC1. The molecule has 1 saturated heterocycles. The molecule has 1 heterocycles. The van der Waals surface area contributed by atoms with Crippen LogP contribution in [-0.2, 0) is 4.79 Å². The van der Waals surface area contributed by atoms with Crippen LogP contribution < -0.4 is 15.2 Å². The van der Waals surface area contributed by atoms with Crippen molar-refractivity contribution < 1.29 is 19.1 Å². The smallest absolute Gasteiger partial charge is 0.255 e. The van der Waals surface area contributed by atoms with Crippen molar-refractivity contribution in [3.63, 3.8) is 0 Å². The fourth-order valence-electron chi connectivity index (χ4n) is 2.34. The number of benzene rings is 1. The van der Waals surface area contributed by atoms with Crippen molar-refractivity contribution in [2.45, 2.75) is 12.8 Å². The lowest BCUT2D eigenvalue weighted by Crippen LogP contribution is -2.36. The topological polar surface area (TPSA) is 81.9 Å². The summed E-state index contributed by atoms with van der Waals surface area (Å²) in [5.74, 6) is -0.281. The second kappa shape index (κ2) is 7.37. The number of nitrogens with two attached hydrogens (primary N) is 1. The first kappa shape index (κ1) is 17.1. The molecule has 6 nitrogen and oxygen atoms in total. The Labute approximate surface area is 139 Å². The first-order chi connectivity index (χ1) is 10.9. The van der Waals surface area contributed by atoms with Crippen LogP contribution in [0.3, 0.4) is 0 Å². The minimum atomic E-state index is -0.628. The molecule has 0 aliphatic carbocycles. The van der Waals surface area contributed by atoms with Crippen LogP contribution >= 0.6 is 11.6 Å². The number of hydrogen-bond acceptors (Lipinski definition) is 4. The van der Waals surface area contributed by atoms with Gasteiger partial charge in [-0.15, -0.1) is 0 Å². The molecule has 2 N–H and O–H groups in total. The molecule has 0 bridgehead atoms. The van der Waals surface area contributed by atoms with Crippen molar-refractivity contribution in [1.29, 1.82) is 0 Å². The van der Waals surface area contributed by atoms with E-state index in [-0.39, 0.29) is 29.0 Å². The largest absolute Gasteiger partial charge is 0.493 e. The molecule has 7 heteroatoms. The van der Waals surface area contributed by atoms with E-state index in [1.165, 1.54) is 13.2 Å². The minimum Gasteiger partial charge on any atom is -0.493 e. The van der Waals surface area contributed by atoms with E-state index < -0.39 is 5.91 Å². The van der Waals surface area contributed by atoms with E-state index in [0.717, 1.165) is 18.4 Å². The lowest BCUT2D eigenvalue weighted by molar-refractivity contribution is -0.119. The second-order valence-corrected chi connectivity index (χ2v) is 5.69. The highest BCUT2D eigenvalue weighted by molar-refractivity contribution is 6.32. The third-order valence-corrected chi connectivity index (χ3v) is 3.87. The van der Waals surface area contributed by atoms with Gasteiger partial charge < -0.3 is 20.1 Å². The molecule has 1 fully saturated rings. The van der Waals surface area contributed by atoms with E-state index in [9.17, 15) is 9.59 Å². The zero-order chi connectivity index (χ0) is 17.0. The summed E-state index contributed by atoms with van der Waals surface area (Å²) >= 11 is 6.16. The molecule has 0 unspecified atom stereocenters. The first-order valence-electron chi connectivity index (χ1n) is 7.17. The summed E-state index contributed by atoms with van der Waals surface area (Å²) in [4.78, 5) is 25.2. The standard InChI is InChI=1S/C16H19ClN2O4/c1-10-3-5-19(6-4-10)16(21)11-7-12(17)15(13(8-11)22-2)23-9-14(18)20/h7-8H,1,3-6,9H2,2H3,(H2,18,20). The maximum atomic E-state index is 12.6. The number of rotatable bonds is 5. The number of halogens is 1. The Kier molecular flexibility index (Phi) is 5.50. The maximum Gasteiger partial charge on any atom is 0.255 e. The molecule has 0 spiro atoms. The first-order valence-corrected chi connectivity index (χ1v) is 7.54. The van der Waals surface area contributed by atoms with Gasteiger partial charge in [-0.3, -0.25) is 9.59 Å². The second-order valence-electron chi connectivity index (χ2n) is 5.29. The van der Waals surface area contributed by atoms with Gasteiger partial charge in [-0.1, -0.05) is 23.8 Å². The van der Waals surface area contributed by atoms with Crippen molar-refractivity contribution in [1.82, 2.24) is 4.90 Å². The van der Waals surface area contributed by atoms with E-state index in [0.29, 0.717) is 18.7 Å². The van der Waals surface area contributed by atoms with Gasteiger partial charge in [0, 0.05) is 18.7 Å². The van der Waals surface area contributed by atoms with E-state index in [1.807, 2.05) is 0 Å². The summed E-state index contributed by atoms with van der Waals surface area (Å²) in [5.41, 5.74) is 6.61. The zero-order valence-corrected chi connectivity index (χ0v) is 13.7. The van der Waals surface area contributed by atoms with Crippen LogP contribution in [0.4, 0.5) is 0 Å². The summed E-state index contributed by atoms with van der Waals surface area (Å²) in [5, 5.41) is 0.190. The van der Waals surface area contributed by atoms with Crippen molar-refractivity contribution in [2.75, 3.05) is 26.8 Å². The van der Waals surface area contributed by atoms with E-state index in [2.05, 4.69) is 6.58 Å². The van der Waals surface area contributed by atoms with Gasteiger partial charge in [0.1, 0.15) is 0 Å².